The van der Waals surface area contributed by atoms with Crippen LogP contribution in [0, 0.1) is 0 Å². The lowest BCUT2D eigenvalue weighted by molar-refractivity contribution is -0.116. The molecule has 4 aromatic rings. The maximum atomic E-state index is 14.0. The highest BCUT2D eigenvalue weighted by atomic mass is 16.5. The van der Waals surface area contributed by atoms with E-state index in [2.05, 4.69) is 102 Å². The van der Waals surface area contributed by atoms with Crippen molar-refractivity contribution in [1.82, 2.24) is 0 Å². The summed E-state index contributed by atoms with van der Waals surface area (Å²) in [5, 5.41) is 6.16. The Hall–Kier alpha value is -4.05. The first-order valence-electron chi connectivity index (χ1n) is 14.1. The van der Waals surface area contributed by atoms with Gasteiger partial charge in [-0.05, 0) is 76.6 Å². The van der Waals surface area contributed by atoms with Crippen molar-refractivity contribution in [1.29, 1.82) is 0 Å². The average Bonchev–Trinajstić information content (AvgIpc) is 2.97. The molecule has 39 heavy (non-hydrogen) atoms. The molecule has 4 aromatic carbocycles. The number of nitrogens with zero attached hydrogens (tertiary/aromatic N) is 1. The van der Waals surface area contributed by atoms with Gasteiger partial charge in [0.2, 0.25) is 0 Å². The van der Waals surface area contributed by atoms with Crippen molar-refractivity contribution < 1.29 is 9.53 Å². The summed E-state index contributed by atoms with van der Waals surface area (Å²) >= 11 is 0. The molecule has 4 nitrogen and oxygen atoms in total. The molecule has 1 aliphatic heterocycles. The summed E-state index contributed by atoms with van der Waals surface area (Å²) in [4.78, 5) is 16.1. The monoisotopic (exact) mass is 516 g/mol. The minimum atomic E-state index is -0.160. The Morgan fingerprint density at radius 1 is 0.872 bits per heavy atom. The van der Waals surface area contributed by atoms with E-state index in [1.807, 2.05) is 14.1 Å². The molecule has 2 unspecified atom stereocenters. The van der Waals surface area contributed by atoms with Crippen molar-refractivity contribution in [2.24, 2.45) is 0 Å². The van der Waals surface area contributed by atoms with Crippen LogP contribution in [-0.4, -0.2) is 26.5 Å². The van der Waals surface area contributed by atoms with E-state index in [1.165, 1.54) is 27.5 Å². The minimum absolute atomic E-state index is 0.141. The normalized spacial score (nSPS) is 18.4. The lowest BCUT2D eigenvalue weighted by Crippen LogP contribution is -2.29. The van der Waals surface area contributed by atoms with Crippen LogP contribution in [0.1, 0.15) is 61.3 Å². The topological polar surface area (TPSA) is 41.6 Å². The zero-order chi connectivity index (χ0) is 26.9. The molecular weight excluding hydrogens is 480 g/mol. The fraction of sp³-hybridized carbons (Fsp3) is 0.286. The van der Waals surface area contributed by atoms with Gasteiger partial charge in [0.15, 0.2) is 5.78 Å². The summed E-state index contributed by atoms with van der Waals surface area (Å²) < 4.78 is 5.89. The van der Waals surface area contributed by atoms with E-state index in [0.29, 0.717) is 6.42 Å². The first-order chi connectivity index (χ1) is 19.0. The number of Topliss-reactive ketones (excluding diaryl/α,β-unsaturated/α-hetero) is 1. The molecule has 1 N–H and O–H groups in total. The number of unbranched alkanes of at least 4 members (excludes halogenated alkanes) is 1. The molecule has 0 saturated heterocycles. The molecule has 0 bridgehead atoms. The molecule has 0 fully saturated rings. The van der Waals surface area contributed by atoms with Gasteiger partial charge >= 0.3 is 0 Å². The summed E-state index contributed by atoms with van der Waals surface area (Å²) in [6, 6.07) is 29.7. The standard InChI is InChI=1S/C35H36N2O2/c1-4-5-20-39-28-17-12-23(13-18-28)26-21-30-33-29-9-7-6-8-24(29)14-19-31(33)36-35(34(30)32(38)22-26)25-10-15-27(16-11-25)37(2)3/h6-19,26,35-36H,4-5,20-22H2,1-3H3. The predicted molar refractivity (Wildman–Crippen MR) is 162 cm³/mol. The number of anilines is 2. The third kappa shape index (κ3) is 4.80. The van der Waals surface area contributed by atoms with Gasteiger partial charge in [0.05, 0.1) is 12.6 Å². The number of ketones is 1. The maximum Gasteiger partial charge on any atom is 0.162 e. The average molecular weight is 517 g/mol. The van der Waals surface area contributed by atoms with Gasteiger partial charge in [-0.2, -0.15) is 0 Å². The van der Waals surface area contributed by atoms with Crippen LogP contribution in [0.15, 0.2) is 90.5 Å². The quantitative estimate of drug-likeness (QED) is 0.252. The Morgan fingerprint density at radius 2 is 1.62 bits per heavy atom. The molecule has 1 aliphatic carbocycles. The van der Waals surface area contributed by atoms with Gasteiger partial charge in [0.25, 0.3) is 0 Å². The molecule has 0 saturated carbocycles. The molecule has 0 amide bonds. The van der Waals surface area contributed by atoms with Gasteiger partial charge in [-0.3, -0.25) is 4.79 Å². The van der Waals surface area contributed by atoms with Crippen molar-refractivity contribution in [3.8, 4) is 5.75 Å². The van der Waals surface area contributed by atoms with E-state index in [0.717, 1.165) is 54.1 Å². The Balaban J connectivity index is 1.42. The van der Waals surface area contributed by atoms with Gasteiger partial charge in [-0.15, -0.1) is 0 Å². The van der Waals surface area contributed by atoms with Crippen LogP contribution in [0.4, 0.5) is 11.4 Å². The summed E-state index contributed by atoms with van der Waals surface area (Å²) in [5.74, 6) is 1.27. The smallest absolute Gasteiger partial charge is 0.162 e. The number of nitrogens with one attached hydrogen (secondary N) is 1. The summed E-state index contributed by atoms with van der Waals surface area (Å²) in [5.41, 5.74) is 7.85. The molecule has 0 spiro atoms. The van der Waals surface area contributed by atoms with E-state index in [-0.39, 0.29) is 17.7 Å². The zero-order valence-electron chi connectivity index (χ0n) is 23.0. The number of allylic oxidation sites excluding steroid dienone is 1. The number of benzene rings is 4. The third-order valence-electron chi connectivity index (χ3n) is 8.19. The van der Waals surface area contributed by atoms with Crippen LogP contribution in [0.5, 0.6) is 5.75 Å². The first-order valence-corrected chi connectivity index (χ1v) is 14.1. The van der Waals surface area contributed by atoms with E-state index < -0.39 is 0 Å². The Morgan fingerprint density at radius 3 is 2.36 bits per heavy atom. The summed E-state index contributed by atoms with van der Waals surface area (Å²) in [6.07, 6.45) is 3.52. The van der Waals surface area contributed by atoms with Crippen LogP contribution in [0.25, 0.3) is 16.3 Å². The number of hydrogen-bond donors (Lipinski definition) is 1. The van der Waals surface area contributed by atoms with Gasteiger partial charge in [0.1, 0.15) is 5.75 Å². The lowest BCUT2D eigenvalue weighted by atomic mass is 9.71. The van der Waals surface area contributed by atoms with Crippen molar-refractivity contribution in [3.63, 3.8) is 0 Å². The molecule has 6 rings (SSSR count). The Kier molecular flexibility index (Phi) is 6.86. The fourth-order valence-corrected chi connectivity index (χ4v) is 6.07. The van der Waals surface area contributed by atoms with Crippen LogP contribution in [0.2, 0.25) is 0 Å². The highest BCUT2D eigenvalue weighted by Crippen LogP contribution is 2.51. The number of fused-ring (bicyclic) bond motifs is 4. The van der Waals surface area contributed by atoms with Gasteiger partial charge < -0.3 is 15.0 Å². The zero-order valence-corrected chi connectivity index (χ0v) is 23.0. The van der Waals surface area contributed by atoms with E-state index in [9.17, 15) is 4.79 Å². The highest BCUT2D eigenvalue weighted by molar-refractivity contribution is 6.13. The van der Waals surface area contributed by atoms with E-state index in [1.54, 1.807) is 0 Å². The van der Waals surface area contributed by atoms with Gasteiger partial charge in [0, 0.05) is 43.0 Å². The number of hydrogen-bond acceptors (Lipinski definition) is 4. The molecule has 2 atom stereocenters. The Bertz CT molecular complexity index is 1530. The fourth-order valence-electron chi connectivity index (χ4n) is 6.07. The summed E-state index contributed by atoms with van der Waals surface area (Å²) in [7, 11) is 4.09. The summed E-state index contributed by atoms with van der Waals surface area (Å²) in [6.45, 7) is 2.91. The van der Waals surface area contributed by atoms with Crippen LogP contribution in [-0.2, 0) is 4.79 Å². The number of carbonyl (C=O) groups excluding carboxylic acids is 1. The van der Waals surface area contributed by atoms with Crippen LogP contribution in [0.3, 0.4) is 0 Å². The molecule has 0 radical (unpaired) electrons. The van der Waals surface area contributed by atoms with Gasteiger partial charge in [-0.25, -0.2) is 0 Å². The highest BCUT2D eigenvalue weighted by Gasteiger charge is 2.38. The molecular formula is C35H36N2O2. The Labute approximate surface area is 231 Å². The largest absolute Gasteiger partial charge is 0.494 e. The van der Waals surface area contributed by atoms with Crippen LogP contribution < -0.4 is 15.0 Å². The van der Waals surface area contributed by atoms with Crippen molar-refractivity contribution in [2.45, 2.75) is 44.6 Å². The third-order valence-corrected chi connectivity index (χ3v) is 8.19. The van der Waals surface area contributed by atoms with E-state index >= 15 is 0 Å². The lowest BCUT2D eigenvalue weighted by Gasteiger charge is -2.37. The maximum absolute atomic E-state index is 14.0. The minimum Gasteiger partial charge on any atom is -0.494 e. The van der Waals surface area contributed by atoms with Crippen molar-refractivity contribution >= 4 is 33.5 Å². The van der Waals surface area contributed by atoms with E-state index in [4.69, 9.17) is 4.74 Å². The van der Waals surface area contributed by atoms with Crippen LogP contribution >= 0.6 is 0 Å². The first kappa shape index (κ1) is 25.2. The second-order valence-electron chi connectivity index (χ2n) is 11.0. The van der Waals surface area contributed by atoms with Gasteiger partial charge in [-0.1, -0.05) is 67.9 Å². The molecule has 2 aliphatic rings. The van der Waals surface area contributed by atoms with Crippen molar-refractivity contribution in [2.75, 3.05) is 30.9 Å². The molecule has 1 heterocycles. The number of ether oxygens (including phenoxy) is 1. The number of rotatable bonds is 7. The second kappa shape index (κ2) is 10.6. The SMILES string of the molecule is CCCCOc1ccc(C2CC(=O)C3=C(C2)c2c(ccc4ccccc24)NC3c2ccc(N(C)C)cc2)cc1. The molecule has 198 valence electrons. The number of carbonyl (C=O) groups is 1. The molecule has 0 aromatic heterocycles. The molecule has 4 heteroatoms. The second-order valence-corrected chi connectivity index (χ2v) is 11.0. The van der Waals surface area contributed by atoms with Crippen molar-refractivity contribution in [3.05, 3.63) is 107 Å². The predicted octanol–water partition coefficient (Wildman–Crippen LogP) is 8.15.